The van der Waals surface area contributed by atoms with Gasteiger partial charge in [0.2, 0.25) is 0 Å². The molecule has 1 unspecified atom stereocenters. The van der Waals surface area contributed by atoms with E-state index in [2.05, 4.69) is 18.4 Å². The molecule has 2 rings (SSSR count). The predicted molar refractivity (Wildman–Crippen MR) is 66.5 cm³/mol. The fourth-order valence-electron chi connectivity index (χ4n) is 2.27. The third kappa shape index (κ3) is 2.69. The summed E-state index contributed by atoms with van der Waals surface area (Å²) in [7, 11) is 0.361. The van der Waals surface area contributed by atoms with Crippen LogP contribution in [0.4, 0.5) is 0 Å². The summed E-state index contributed by atoms with van der Waals surface area (Å²) in [4.78, 5) is 1.40. The van der Waals surface area contributed by atoms with E-state index in [9.17, 15) is 5.11 Å². The van der Waals surface area contributed by atoms with Crippen molar-refractivity contribution >= 4 is 10.9 Å². The molecule has 0 saturated heterocycles. The molecule has 0 radical (unpaired) electrons. The highest BCUT2D eigenvalue weighted by Gasteiger charge is 2.29. The van der Waals surface area contributed by atoms with Crippen LogP contribution in [-0.2, 0) is 10.9 Å². The minimum absolute atomic E-state index is 0.361. The van der Waals surface area contributed by atoms with Crippen LogP contribution in [0.3, 0.4) is 0 Å². The number of aromatic hydroxyl groups is 1. The van der Waals surface area contributed by atoms with Crippen molar-refractivity contribution in [3.63, 3.8) is 0 Å². The van der Waals surface area contributed by atoms with Gasteiger partial charge in [0, 0.05) is 10.9 Å². The van der Waals surface area contributed by atoms with Gasteiger partial charge >= 0.3 is 0 Å². The van der Waals surface area contributed by atoms with Gasteiger partial charge in [0.15, 0.2) is 4.90 Å². The second kappa shape index (κ2) is 4.93. The molecular weight excluding hydrogens is 204 g/mol. The number of phenolic OH excluding ortho intramolecular Hbond substituents is 1. The molecule has 0 heterocycles. The second-order valence-corrected chi connectivity index (χ2v) is 6.57. The highest BCUT2D eigenvalue weighted by molar-refractivity contribution is 7.96. The summed E-state index contributed by atoms with van der Waals surface area (Å²) in [6, 6.07) is 7.77. The molecule has 0 aromatic heterocycles. The minimum atomic E-state index is 0.361. The Kier molecular flexibility index (Phi) is 3.57. The van der Waals surface area contributed by atoms with Gasteiger partial charge in [-0.1, -0.05) is 6.42 Å². The largest absolute Gasteiger partial charge is 0.508 e. The molecule has 1 aliphatic rings. The summed E-state index contributed by atoms with van der Waals surface area (Å²) in [5, 5.41) is 10.1. The second-order valence-electron chi connectivity index (χ2n) is 4.31. The van der Waals surface area contributed by atoms with E-state index >= 15 is 0 Å². The van der Waals surface area contributed by atoms with Crippen molar-refractivity contribution in [2.75, 3.05) is 6.26 Å². The summed E-state index contributed by atoms with van der Waals surface area (Å²) in [6.45, 7) is 0. The molecule has 0 spiro atoms. The van der Waals surface area contributed by atoms with Crippen molar-refractivity contribution in [2.45, 2.75) is 42.2 Å². The van der Waals surface area contributed by atoms with E-state index in [-0.39, 0.29) is 0 Å². The first-order valence-corrected chi connectivity index (χ1v) is 7.41. The van der Waals surface area contributed by atoms with Gasteiger partial charge in [-0.2, -0.15) is 0 Å². The van der Waals surface area contributed by atoms with Crippen LogP contribution in [0, 0.1) is 0 Å². The van der Waals surface area contributed by atoms with Gasteiger partial charge in [-0.3, -0.25) is 0 Å². The van der Waals surface area contributed by atoms with Gasteiger partial charge in [-0.25, -0.2) is 0 Å². The van der Waals surface area contributed by atoms with Crippen molar-refractivity contribution < 1.29 is 5.11 Å². The number of benzene rings is 1. The molecule has 1 fully saturated rings. The van der Waals surface area contributed by atoms with Crippen molar-refractivity contribution in [3.05, 3.63) is 24.3 Å². The molecule has 15 heavy (non-hydrogen) atoms. The fraction of sp³-hybridized carbons (Fsp3) is 0.538. The summed E-state index contributed by atoms with van der Waals surface area (Å²) in [6.07, 6.45) is 9.35. The molecule has 1 aromatic rings. The molecule has 2 heteroatoms. The monoisotopic (exact) mass is 223 g/mol. The predicted octanol–water partition coefficient (Wildman–Crippen LogP) is 3.33. The Morgan fingerprint density at radius 1 is 1.07 bits per heavy atom. The number of rotatable bonds is 2. The van der Waals surface area contributed by atoms with Crippen molar-refractivity contribution in [2.24, 2.45) is 0 Å². The minimum Gasteiger partial charge on any atom is -0.508 e. The molecule has 1 N–H and O–H groups in total. The molecule has 0 bridgehead atoms. The summed E-state index contributed by atoms with van der Waals surface area (Å²) >= 11 is 0. The van der Waals surface area contributed by atoms with Crippen molar-refractivity contribution in [1.29, 1.82) is 0 Å². The number of hydrogen-bond donors (Lipinski definition) is 1. The zero-order chi connectivity index (χ0) is 10.7. The van der Waals surface area contributed by atoms with Crippen LogP contribution >= 0.6 is 0 Å². The third-order valence-electron chi connectivity index (χ3n) is 3.26. The quantitative estimate of drug-likeness (QED) is 0.762. The zero-order valence-electron chi connectivity index (χ0n) is 9.28. The standard InChI is InChI=1S/C13H18OS/c1-15(12-5-3-2-4-6-12)13-9-7-11(14)8-10-13/h7-10,12H,2-6H2,1H3/p+1. The molecule has 1 nitrogen and oxygen atoms in total. The SMILES string of the molecule is C[S+](c1ccc(O)cc1)C1CCCCC1. The first-order chi connectivity index (χ1) is 7.27. The molecule has 1 saturated carbocycles. The van der Waals surface area contributed by atoms with Crippen LogP contribution in [0.5, 0.6) is 5.75 Å². The summed E-state index contributed by atoms with van der Waals surface area (Å²) < 4.78 is 0. The van der Waals surface area contributed by atoms with E-state index in [1.165, 1.54) is 37.0 Å². The molecular formula is C13H19OS+. The lowest BCUT2D eigenvalue weighted by atomic mass is 10.0. The highest BCUT2D eigenvalue weighted by atomic mass is 32.2. The lowest BCUT2D eigenvalue weighted by molar-refractivity contribution is 0.475. The van der Waals surface area contributed by atoms with Crippen LogP contribution < -0.4 is 0 Å². The number of phenols is 1. The van der Waals surface area contributed by atoms with Gasteiger partial charge in [-0.15, -0.1) is 0 Å². The van der Waals surface area contributed by atoms with E-state index in [0.29, 0.717) is 16.6 Å². The Morgan fingerprint density at radius 2 is 1.67 bits per heavy atom. The molecule has 82 valence electrons. The highest BCUT2D eigenvalue weighted by Crippen LogP contribution is 2.29. The van der Waals surface area contributed by atoms with Gasteiger partial charge in [0.05, 0.1) is 0 Å². The smallest absolute Gasteiger partial charge is 0.155 e. The normalized spacial score (nSPS) is 20.1. The van der Waals surface area contributed by atoms with Crippen LogP contribution in [0.2, 0.25) is 0 Å². The van der Waals surface area contributed by atoms with Gasteiger partial charge in [0.25, 0.3) is 0 Å². The molecule has 0 amide bonds. The number of hydrogen-bond acceptors (Lipinski definition) is 1. The van der Waals surface area contributed by atoms with Crippen LogP contribution in [0.1, 0.15) is 32.1 Å². The van der Waals surface area contributed by atoms with Gasteiger partial charge in [0.1, 0.15) is 17.3 Å². The molecule has 1 aromatic carbocycles. The maximum absolute atomic E-state index is 9.25. The zero-order valence-corrected chi connectivity index (χ0v) is 10.1. The van der Waals surface area contributed by atoms with E-state index in [4.69, 9.17) is 0 Å². The maximum Gasteiger partial charge on any atom is 0.155 e. The fourth-order valence-corrected chi connectivity index (χ4v) is 4.26. The van der Waals surface area contributed by atoms with E-state index in [0.717, 1.165) is 5.25 Å². The Labute approximate surface area is 94.9 Å². The topological polar surface area (TPSA) is 20.2 Å². The van der Waals surface area contributed by atoms with Crippen LogP contribution in [-0.4, -0.2) is 16.6 Å². The Hall–Kier alpha value is -0.630. The van der Waals surface area contributed by atoms with E-state index in [1.807, 2.05) is 12.1 Å². The first kappa shape index (κ1) is 10.9. The van der Waals surface area contributed by atoms with Crippen LogP contribution in [0.25, 0.3) is 0 Å². The Balaban J connectivity index is 2.05. The van der Waals surface area contributed by atoms with E-state index < -0.39 is 0 Å². The lowest BCUT2D eigenvalue weighted by Gasteiger charge is -2.20. The van der Waals surface area contributed by atoms with Crippen molar-refractivity contribution in [3.8, 4) is 5.75 Å². The Morgan fingerprint density at radius 3 is 2.27 bits per heavy atom. The first-order valence-electron chi connectivity index (χ1n) is 5.71. The van der Waals surface area contributed by atoms with Gasteiger partial charge < -0.3 is 5.11 Å². The Bertz CT molecular complexity index is 301. The summed E-state index contributed by atoms with van der Waals surface area (Å²) in [5.41, 5.74) is 0. The molecule has 0 aliphatic heterocycles. The molecule has 1 atom stereocenters. The lowest BCUT2D eigenvalue weighted by Crippen LogP contribution is -2.23. The average molecular weight is 223 g/mol. The maximum atomic E-state index is 9.25. The van der Waals surface area contributed by atoms with Crippen molar-refractivity contribution in [1.82, 2.24) is 0 Å². The van der Waals surface area contributed by atoms with Gasteiger partial charge in [-0.05, 0) is 49.9 Å². The molecule has 1 aliphatic carbocycles. The third-order valence-corrected chi connectivity index (χ3v) is 5.75. The van der Waals surface area contributed by atoms with E-state index in [1.54, 1.807) is 0 Å². The van der Waals surface area contributed by atoms with Crippen LogP contribution in [0.15, 0.2) is 29.2 Å². The summed E-state index contributed by atoms with van der Waals surface area (Å²) in [5.74, 6) is 0.374. The average Bonchev–Trinajstić information content (AvgIpc) is 2.30.